The molecule has 6 heteroatoms. The second-order valence-corrected chi connectivity index (χ2v) is 5.39. The van der Waals surface area contributed by atoms with Crippen molar-refractivity contribution in [3.05, 3.63) is 39.1 Å². The van der Waals surface area contributed by atoms with Gasteiger partial charge in [0.2, 0.25) is 0 Å². The van der Waals surface area contributed by atoms with Crippen LogP contribution in [0.4, 0.5) is 15.8 Å². The lowest BCUT2D eigenvalue weighted by molar-refractivity contribution is 0.629. The molecule has 2 rings (SSSR count). The molecule has 0 aliphatic carbocycles. The van der Waals surface area contributed by atoms with E-state index in [1.54, 1.807) is 11.3 Å². The van der Waals surface area contributed by atoms with Gasteiger partial charge in [0.15, 0.2) is 0 Å². The van der Waals surface area contributed by atoms with E-state index in [1.807, 2.05) is 6.20 Å². The number of aromatic nitrogens is 1. The van der Waals surface area contributed by atoms with Gasteiger partial charge in [-0.1, -0.05) is 18.5 Å². The van der Waals surface area contributed by atoms with Crippen LogP contribution in [0.1, 0.15) is 16.8 Å². The Morgan fingerprint density at radius 1 is 1.50 bits per heavy atom. The molecule has 0 radical (unpaired) electrons. The zero-order valence-corrected chi connectivity index (χ0v) is 11.4. The smallest absolute Gasteiger partial charge is 0.143 e. The highest BCUT2D eigenvalue weighted by molar-refractivity contribution is 7.11. The molecule has 0 aliphatic heterocycles. The number of nitrogens with two attached hydrogens (primary N) is 1. The van der Waals surface area contributed by atoms with Crippen LogP contribution >= 0.6 is 22.9 Å². The third-order valence-electron chi connectivity index (χ3n) is 2.47. The Labute approximate surface area is 114 Å². The molecule has 3 nitrogen and oxygen atoms in total. The molecule has 0 saturated heterocycles. The summed E-state index contributed by atoms with van der Waals surface area (Å²) >= 11 is 7.35. The molecule has 0 amide bonds. The fraction of sp³-hybridized carbons (Fsp3) is 0.250. The van der Waals surface area contributed by atoms with Gasteiger partial charge in [-0.25, -0.2) is 9.37 Å². The first kappa shape index (κ1) is 13.1. The number of hydrogen-bond acceptors (Lipinski definition) is 4. The summed E-state index contributed by atoms with van der Waals surface area (Å²) in [6, 6.07) is 2.70. The number of halogens is 2. The average molecular weight is 286 g/mol. The number of thiazole rings is 1. The minimum atomic E-state index is -0.512. The molecule has 0 atom stereocenters. The number of nitrogens with zero attached hydrogens (tertiary/aromatic N) is 1. The molecule has 3 N–H and O–H groups in total. The van der Waals surface area contributed by atoms with Crippen LogP contribution in [-0.4, -0.2) is 4.98 Å². The zero-order chi connectivity index (χ0) is 13.1. The summed E-state index contributed by atoms with van der Waals surface area (Å²) in [5, 5.41) is 4.13. The summed E-state index contributed by atoms with van der Waals surface area (Å²) < 4.78 is 13.1. The van der Waals surface area contributed by atoms with Crippen LogP contribution in [0.25, 0.3) is 0 Å². The molecule has 1 heterocycles. The minimum Gasteiger partial charge on any atom is -0.397 e. The zero-order valence-electron chi connectivity index (χ0n) is 9.84. The highest BCUT2D eigenvalue weighted by Gasteiger charge is 2.07. The normalized spacial score (nSPS) is 10.6. The van der Waals surface area contributed by atoms with Crippen molar-refractivity contribution in [3.63, 3.8) is 0 Å². The van der Waals surface area contributed by atoms with Crippen molar-refractivity contribution in [1.29, 1.82) is 0 Å². The molecule has 0 bridgehead atoms. The van der Waals surface area contributed by atoms with Crippen molar-refractivity contribution < 1.29 is 4.39 Å². The van der Waals surface area contributed by atoms with E-state index in [-0.39, 0.29) is 5.02 Å². The van der Waals surface area contributed by atoms with Crippen LogP contribution in [-0.2, 0) is 13.0 Å². The number of rotatable bonds is 4. The lowest BCUT2D eigenvalue weighted by Crippen LogP contribution is -2.02. The minimum absolute atomic E-state index is 0.0556. The molecule has 0 fully saturated rings. The molecular formula is C12H13ClFN3S. The van der Waals surface area contributed by atoms with Gasteiger partial charge in [-0.2, -0.15) is 0 Å². The number of aryl methyl sites for hydroxylation is 1. The Morgan fingerprint density at radius 3 is 2.94 bits per heavy atom. The van der Waals surface area contributed by atoms with Crippen LogP contribution in [0.2, 0.25) is 5.02 Å². The summed E-state index contributed by atoms with van der Waals surface area (Å²) in [5.74, 6) is -0.512. The van der Waals surface area contributed by atoms with Crippen molar-refractivity contribution in [2.45, 2.75) is 19.9 Å². The van der Waals surface area contributed by atoms with Gasteiger partial charge in [-0.15, -0.1) is 11.3 Å². The van der Waals surface area contributed by atoms with E-state index in [4.69, 9.17) is 17.3 Å². The summed E-state index contributed by atoms with van der Waals surface area (Å²) in [5.41, 5.74) is 6.66. The lowest BCUT2D eigenvalue weighted by atomic mass is 10.2. The average Bonchev–Trinajstić information content (AvgIpc) is 2.80. The van der Waals surface area contributed by atoms with Crippen molar-refractivity contribution in [1.82, 2.24) is 4.98 Å². The van der Waals surface area contributed by atoms with E-state index < -0.39 is 5.82 Å². The highest BCUT2D eigenvalue weighted by Crippen LogP contribution is 2.27. The first-order valence-electron chi connectivity index (χ1n) is 5.52. The fourth-order valence-corrected chi connectivity index (χ4v) is 2.45. The van der Waals surface area contributed by atoms with Gasteiger partial charge < -0.3 is 11.1 Å². The molecule has 2 aromatic rings. The summed E-state index contributed by atoms with van der Waals surface area (Å²) in [4.78, 5) is 5.51. The second-order valence-electron chi connectivity index (χ2n) is 3.78. The molecule has 0 aliphatic rings. The molecule has 1 aromatic heterocycles. The van der Waals surface area contributed by atoms with Gasteiger partial charge in [0.05, 0.1) is 22.9 Å². The molecule has 96 valence electrons. The number of nitrogens with one attached hydrogen (secondary N) is 1. The van der Waals surface area contributed by atoms with Crippen LogP contribution < -0.4 is 11.1 Å². The van der Waals surface area contributed by atoms with Gasteiger partial charge in [0, 0.05) is 17.1 Å². The van der Waals surface area contributed by atoms with Crippen molar-refractivity contribution in [2.75, 3.05) is 11.1 Å². The largest absolute Gasteiger partial charge is 0.397 e. The molecule has 0 unspecified atom stereocenters. The molecular weight excluding hydrogens is 273 g/mol. The highest BCUT2D eigenvalue weighted by atomic mass is 35.5. The number of benzene rings is 1. The molecule has 1 aromatic carbocycles. The molecule has 0 saturated carbocycles. The Balaban J connectivity index is 2.08. The van der Waals surface area contributed by atoms with Crippen molar-refractivity contribution in [3.8, 4) is 0 Å². The first-order valence-corrected chi connectivity index (χ1v) is 6.71. The van der Waals surface area contributed by atoms with E-state index in [0.717, 1.165) is 11.4 Å². The second kappa shape index (κ2) is 5.54. The quantitative estimate of drug-likeness (QED) is 0.842. The number of hydrogen-bond donors (Lipinski definition) is 2. The summed E-state index contributed by atoms with van der Waals surface area (Å²) in [7, 11) is 0. The van der Waals surface area contributed by atoms with Gasteiger partial charge in [-0.3, -0.25) is 0 Å². The standard InChI is InChI=1S/C12H13ClFN3S/c1-2-7-5-17-12(18-7)6-16-11-3-8(13)9(14)4-10(11)15/h3-5,16H,2,6,15H2,1H3. The first-order chi connectivity index (χ1) is 8.60. The van der Waals surface area contributed by atoms with E-state index in [1.165, 1.54) is 17.0 Å². The summed E-state index contributed by atoms with van der Waals surface area (Å²) in [6.07, 6.45) is 2.84. The Kier molecular flexibility index (Phi) is 4.04. The molecule has 0 spiro atoms. The SMILES string of the molecule is CCc1cnc(CNc2cc(Cl)c(F)cc2N)s1. The predicted molar refractivity (Wildman–Crippen MR) is 74.6 cm³/mol. The maximum absolute atomic E-state index is 13.1. The number of nitrogen functional groups attached to an aromatic ring is 1. The Bertz CT molecular complexity index is 556. The van der Waals surface area contributed by atoms with E-state index >= 15 is 0 Å². The third kappa shape index (κ3) is 2.91. The Morgan fingerprint density at radius 2 is 2.28 bits per heavy atom. The maximum atomic E-state index is 13.1. The van der Waals surface area contributed by atoms with Gasteiger partial charge in [-0.05, 0) is 12.5 Å². The van der Waals surface area contributed by atoms with Crippen LogP contribution in [0.5, 0.6) is 0 Å². The van der Waals surface area contributed by atoms with Crippen molar-refractivity contribution in [2.24, 2.45) is 0 Å². The van der Waals surface area contributed by atoms with Crippen LogP contribution in [0.3, 0.4) is 0 Å². The van der Waals surface area contributed by atoms with E-state index in [9.17, 15) is 4.39 Å². The van der Waals surface area contributed by atoms with Crippen molar-refractivity contribution >= 4 is 34.3 Å². The van der Waals surface area contributed by atoms with E-state index in [2.05, 4.69) is 17.2 Å². The van der Waals surface area contributed by atoms with Crippen LogP contribution in [0.15, 0.2) is 18.3 Å². The molecule has 18 heavy (non-hydrogen) atoms. The lowest BCUT2D eigenvalue weighted by Gasteiger charge is -2.08. The van der Waals surface area contributed by atoms with Gasteiger partial charge >= 0.3 is 0 Å². The van der Waals surface area contributed by atoms with E-state index in [0.29, 0.717) is 17.9 Å². The fourth-order valence-electron chi connectivity index (χ4n) is 1.48. The summed E-state index contributed by atoms with van der Waals surface area (Å²) in [6.45, 7) is 2.64. The topological polar surface area (TPSA) is 50.9 Å². The van der Waals surface area contributed by atoms with Gasteiger partial charge in [0.25, 0.3) is 0 Å². The number of anilines is 2. The maximum Gasteiger partial charge on any atom is 0.143 e. The van der Waals surface area contributed by atoms with Crippen LogP contribution in [0, 0.1) is 5.82 Å². The monoisotopic (exact) mass is 285 g/mol. The third-order valence-corrected chi connectivity index (χ3v) is 3.90. The van der Waals surface area contributed by atoms with Gasteiger partial charge in [0.1, 0.15) is 10.8 Å². The predicted octanol–water partition coefficient (Wildman–Crippen LogP) is 3.69. The Hall–Kier alpha value is -1.33.